The van der Waals surface area contributed by atoms with Gasteiger partial charge in [0.1, 0.15) is 0 Å². The van der Waals surface area contributed by atoms with Crippen molar-refractivity contribution < 1.29 is 0 Å². The summed E-state index contributed by atoms with van der Waals surface area (Å²) in [4.78, 5) is 4.07. The summed E-state index contributed by atoms with van der Waals surface area (Å²) in [7, 11) is 0. The Bertz CT molecular complexity index is 253. The average molecular weight is 148 g/mol. The van der Waals surface area contributed by atoms with Crippen LogP contribution in [-0.4, -0.2) is 4.98 Å². The minimum absolute atomic E-state index is 0.0664. The van der Waals surface area contributed by atoms with Crippen LogP contribution in [0.15, 0.2) is 24.9 Å². The third kappa shape index (κ3) is 1.88. The van der Waals surface area contributed by atoms with Gasteiger partial charge in [-0.05, 0) is 30.7 Å². The maximum Gasteiger partial charge on any atom is 0.0627 e. The fourth-order valence-electron chi connectivity index (χ4n) is 0.860. The van der Waals surface area contributed by atoms with E-state index in [1.54, 1.807) is 12.3 Å². The number of rotatable bonds is 2. The molecule has 0 bridgehead atoms. The van der Waals surface area contributed by atoms with Gasteiger partial charge in [0.2, 0.25) is 0 Å². The molecule has 2 heteroatoms. The Labute approximate surface area is 66.8 Å². The normalized spacial score (nSPS) is 12.5. The Balaban J connectivity index is 3.00. The standard InChI is InChI=1S/C9H12N2/c1-3-9-6-8(7(2)10)4-5-11-9/h3-7H,1,10H2,2H3/t7-/m1/s1. The number of pyridine rings is 1. The van der Waals surface area contributed by atoms with Gasteiger partial charge in [-0.3, -0.25) is 4.98 Å². The van der Waals surface area contributed by atoms with E-state index in [-0.39, 0.29) is 6.04 Å². The first-order chi connectivity index (χ1) is 5.24. The second-order valence-corrected chi connectivity index (χ2v) is 2.51. The van der Waals surface area contributed by atoms with Gasteiger partial charge in [-0.1, -0.05) is 6.58 Å². The molecule has 1 aromatic heterocycles. The average Bonchev–Trinajstić information content (AvgIpc) is 2.05. The molecule has 0 unspecified atom stereocenters. The van der Waals surface area contributed by atoms with Crippen LogP contribution in [0.2, 0.25) is 0 Å². The van der Waals surface area contributed by atoms with Gasteiger partial charge in [0, 0.05) is 12.2 Å². The van der Waals surface area contributed by atoms with Crippen LogP contribution >= 0.6 is 0 Å². The van der Waals surface area contributed by atoms with Gasteiger partial charge in [-0.25, -0.2) is 0 Å². The van der Waals surface area contributed by atoms with Gasteiger partial charge in [0.25, 0.3) is 0 Å². The fraction of sp³-hybridized carbons (Fsp3) is 0.222. The minimum Gasteiger partial charge on any atom is -0.324 e. The van der Waals surface area contributed by atoms with Crippen molar-refractivity contribution in [3.05, 3.63) is 36.2 Å². The number of hydrogen-bond acceptors (Lipinski definition) is 2. The molecule has 0 spiro atoms. The van der Waals surface area contributed by atoms with Crippen molar-refractivity contribution in [3.8, 4) is 0 Å². The lowest BCUT2D eigenvalue weighted by atomic mass is 10.1. The molecular weight excluding hydrogens is 136 g/mol. The highest BCUT2D eigenvalue weighted by atomic mass is 14.7. The molecule has 2 nitrogen and oxygen atoms in total. The largest absolute Gasteiger partial charge is 0.324 e. The van der Waals surface area contributed by atoms with Crippen LogP contribution in [0.5, 0.6) is 0 Å². The molecule has 1 rings (SSSR count). The molecule has 1 heterocycles. The van der Waals surface area contributed by atoms with Gasteiger partial charge in [0.15, 0.2) is 0 Å². The van der Waals surface area contributed by atoms with Crippen LogP contribution in [0, 0.1) is 0 Å². The van der Waals surface area contributed by atoms with Crippen LogP contribution in [0.3, 0.4) is 0 Å². The Morgan fingerprint density at radius 1 is 1.73 bits per heavy atom. The number of hydrogen-bond donors (Lipinski definition) is 1. The maximum atomic E-state index is 5.68. The van der Waals surface area contributed by atoms with Crippen molar-refractivity contribution in [1.82, 2.24) is 4.98 Å². The summed E-state index contributed by atoms with van der Waals surface area (Å²) in [6.45, 7) is 5.57. The van der Waals surface area contributed by atoms with Crippen LogP contribution in [0.25, 0.3) is 6.08 Å². The zero-order valence-corrected chi connectivity index (χ0v) is 6.62. The first-order valence-corrected chi connectivity index (χ1v) is 3.58. The van der Waals surface area contributed by atoms with E-state index in [1.807, 2.05) is 19.1 Å². The predicted molar refractivity (Wildman–Crippen MR) is 46.9 cm³/mol. The predicted octanol–water partition coefficient (Wildman–Crippen LogP) is 1.74. The first kappa shape index (κ1) is 7.95. The SMILES string of the molecule is C=Cc1cc([C@@H](C)N)ccn1. The Kier molecular flexibility index (Phi) is 2.39. The van der Waals surface area contributed by atoms with Crippen molar-refractivity contribution in [2.75, 3.05) is 0 Å². The van der Waals surface area contributed by atoms with Crippen LogP contribution < -0.4 is 5.73 Å². The fourth-order valence-corrected chi connectivity index (χ4v) is 0.860. The van der Waals surface area contributed by atoms with Crippen molar-refractivity contribution in [2.24, 2.45) is 5.73 Å². The second kappa shape index (κ2) is 3.30. The summed E-state index contributed by atoms with van der Waals surface area (Å²) < 4.78 is 0. The quantitative estimate of drug-likeness (QED) is 0.693. The highest BCUT2D eigenvalue weighted by molar-refractivity contribution is 5.42. The summed E-state index contributed by atoms with van der Waals surface area (Å²) >= 11 is 0. The molecule has 0 saturated heterocycles. The van der Waals surface area contributed by atoms with E-state index >= 15 is 0 Å². The zero-order chi connectivity index (χ0) is 8.27. The summed E-state index contributed by atoms with van der Waals surface area (Å²) in [5, 5.41) is 0. The molecule has 11 heavy (non-hydrogen) atoms. The molecule has 1 aromatic rings. The van der Waals surface area contributed by atoms with E-state index in [4.69, 9.17) is 5.73 Å². The molecule has 1 atom stereocenters. The highest BCUT2D eigenvalue weighted by Crippen LogP contribution is 2.09. The summed E-state index contributed by atoms with van der Waals surface area (Å²) in [5.74, 6) is 0. The molecule has 0 radical (unpaired) electrons. The van der Waals surface area contributed by atoms with Crippen molar-refractivity contribution in [3.63, 3.8) is 0 Å². The molecule has 0 aliphatic rings. The Morgan fingerprint density at radius 2 is 2.45 bits per heavy atom. The summed E-state index contributed by atoms with van der Waals surface area (Å²) in [5.41, 5.74) is 7.64. The summed E-state index contributed by atoms with van der Waals surface area (Å²) in [6.07, 6.45) is 3.46. The lowest BCUT2D eigenvalue weighted by molar-refractivity contribution is 0.815. The molecule has 0 fully saturated rings. The van der Waals surface area contributed by atoms with Gasteiger partial charge in [-0.2, -0.15) is 0 Å². The van der Waals surface area contributed by atoms with Crippen molar-refractivity contribution in [2.45, 2.75) is 13.0 Å². The molecule has 0 saturated carbocycles. The molecule has 0 amide bonds. The highest BCUT2D eigenvalue weighted by Gasteiger charge is 1.98. The minimum atomic E-state index is 0.0664. The first-order valence-electron chi connectivity index (χ1n) is 3.58. The molecule has 0 aliphatic heterocycles. The van der Waals surface area contributed by atoms with Gasteiger partial charge >= 0.3 is 0 Å². The maximum absolute atomic E-state index is 5.68. The van der Waals surface area contributed by atoms with E-state index in [0.717, 1.165) is 11.3 Å². The van der Waals surface area contributed by atoms with Gasteiger partial charge < -0.3 is 5.73 Å². The smallest absolute Gasteiger partial charge is 0.0627 e. The van der Waals surface area contributed by atoms with Crippen molar-refractivity contribution in [1.29, 1.82) is 0 Å². The zero-order valence-electron chi connectivity index (χ0n) is 6.62. The van der Waals surface area contributed by atoms with E-state index in [9.17, 15) is 0 Å². The lowest BCUT2D eigenvalue weighted by Gasteiger charge is -2.04. The van der Waals surface area contributed by atoms with E-state index < -0.39 is 0 Å². The molecule has 2 N–H and O–H groups in total. The number of aromatic nitrogens is 1. The second-order valence-electron chi connectivity index (χ2n) is 2.51. The van der Waals surface area contributed by atoms with Gasteiger partial charge in [-0.15, -0.1) is 0 Å². The van der Waals surface area contributed by atoms with Crippen molar-refractivity contribution >= 4 is 6.08 Å². The summed E-state index contributed by atoms with van der Waals surface area (Å²) in [6, 6.07) is 3.92. The van der Waals surface area contributed by atoms with Gasteiger partial charge in [0.05, 0.1) is 5.69 Å². The Morgan fingerprint density at radius 3 is 3.00 bits per heavy atom. The van der Waals surface area contributed by atoms with Crippen LogP contribution in [0.1, 0.15) is 24.2 Å². The number of nitrogens with two attached hydrogens (primary N) is 1. The van der Waals surface area contributed by atoms with E-state index in [1.165, 1.54) is 0 Å². The third-order valence-electron chi connectivity index (χ3n) is 1.54. The van der Waals surface area contributed by atoms with E-state index in [0.29, 0.717) is 0 Å². The molecule has 0 aliphatic carbocycles. The molecule has 58 valence electrons. The molecular formula is C9H12N2. The van der Waals surface area contributed by atoms with Crippen LogP contribution in [0.4, 0.5) is 0 Å². The van der Waals surface area contributed by atoms with Crippen LogP contribution in [-0.2, 0) is 0 Å². The Hall–Kier alpha value is -1.15. The molecule has 0 aromatic carbocycles. The lowest BCUT2D eigenvalue weighted by Crippen LogP contribution is -2.05. The topological polar surface area (TPSA) is 38.9 Å². The van der Waals surface area contributed by atoms with E-state index in [2.05, 4.69) is 11.6 Å². The third-order valence-corrected chi connectivity index (χ3v) is 1.54. The number of nitrogens with zero attached hydrogens (tertiary/aromatic N) is 1. The monoisotopic (exact) mass is 148 g/mol.